The van der Waals surface area contributed by atoms with Crippen molar-refractivity contribution in [2.45, 2.75) is 19.3 Å². The molecule has 4 aromatic rings. The molecule has 0 atom stereocenters. The van der Waals surface area contributed by atoms with E-state index < -0.39 is 4.92 Å². The van der Waals surface area contributed by atoms with E-state index in [0.29, 0.717) is 21.9 Å². The number of anilines is 2. The van der Waals surface area contributed by atoms with E-state index in [2.05, 4.69) is 41.2 Å². The summed E-state index contributed by atoms with van der Waals surface area (Å²) >= 11 is 1.31. The van der Waals surface area contributed by atoms with Crippen LogP contribution in [-0.2, 0) is 10.2 Å². The highest BCUT2D eigenvalue weighted by atomic mass is 32.1. The number of fused-ring (bicyclic) bond motifs is 2. The minimum Gasteiger partial charge on any atom is -0.482 e. The van der Waals surface area contributed by atoms with Crippen molar-refractivity contribution < 1.29 is 14.5 Å². The van der Waals surface area contributed by atoms with Crippen LogP contribution < -0.4 is 19.8 Å². The maximum absolute atomic E-state index is 11.9. The molecule has 0 saturated heterocycles. The topological polar surface area (TPSA) is 114 Å². The highest BCUT2D eigenvalue weighted by Crippen LogP contribution is 2.46. The molecule has 0 fully saturated rings. The second kappa shape index (κ2) is 10.2. The normalized spacial score (nSPS) is 17.0. The molecular formula is C30H26N6O4S. The van der Waals surface area contributed by atoms with Gasteiger partial charge in [0.15, 0.2) is 6.61 Å². The Labute approximate surface area is 239 Å². The molecule has 0 radical (unpaired) electrons. The van der Waals surface area contributed by atoms with E-state index in [0.717, 1.165) is 16.9 Å². The Balaban J connectivity index is 1.47. The van der Waals surface area contributed by atoms with Crippen molar-refractivity contribution in [2.24, 2.45) is 10.1 Å². The van der Waals surface area contributed by atoms with Gasteiger partial charge in [-0.1, -0.05) is 44.2 Å². The minimum absolute atomic E-state index is 0.0305. The summed E-state index contributed by atoms with van der Waals surface area (Å²) in [5.74, 6) is 0.355. The molecule has 0 saturated carbocycles. The number of hydrogen-bond donors (Lipinski definition) is 1. The van der Waals surface area contributed by atoms with Gasteiger partial charge in [-0.3, -0.25) is 14.9 Å². The third-order valence-corrected chi connectivity index (χ3v) is 8.06. The van der Waals surface area contributed by atoms with Gasteiger partial charge in [-0.25, -0.2) is 9.67 Å². The number of likely N-dealkylation sites (N-methyl/N-ethyl adjacent to an activating group) is 1. The number of rotatable bonds is 5. The quantitative estimate of drug-likeness (QED) is 0.185. The fourth-order valence-electron chi connectivity index (χ4n) is 5.22. The fraction of sp³-hybridized carbons (Fsp3) is 0.167. The van der Waals surface area contributed by atoms with Crippen LogP contribution >= 0.6 is 11.3 Å². The Morgan fingerprint density at radius 1 is 1.12 bits per heavy atom. The van der Waals surface area contributed by atoms with Crippen LogP contribution in [0.4, 0.5) is 22.7 Å². The summed E-state index contributed by atoms with van der Waals surface area (Å²) in [6.07, 6.45) is 3.70. The van der Waals surface area contributed by atoms with Gasteiger partial charge in [-0.15, -0.1) is 11.3 Å². The molecule has 206 valence electrons. The van der Waals surface area contributed by atoms with Gasteiger partial charge in [0.2, 0.25) is 4.80 Å². The number of thiazole rings is 1. The number of para-hydroxylation sites is 3. The first kappa shape index (κ1) is 26.2. The number of amides is 1. The van der Waals surface area contributed by atoms with Crippen molar-refractivity contribution in [3.63, 3.8) is 0 Å². The number of nitrogens with one attached hydrogen (secondary N) is 1. The Morgan fingerprint density at radius 2 is 1.90 bits per heavy atom. The Bertz CT molecular complexity index is 1830. The molecule has 6 rings (SSSR count). The van der Waals surface area contributed by atoms with Gasteiger partial charge in [0, 0.05) is 47.1 Å². The number of carbonyl (C=O) groups excluding carboxylic acids is 1. The number of hydrogen-bond acceptors (Lipinski definition) is 8. The van der Waals surface area contributed by atoms with Crippen LogP contribution in [0.1, 0.15) is 19.4 Å². The van der Waals surface area contributed by atoms with E-state index in [1.54, 1.807) is 35.2 Å². The molecular weight excluding hydrogens is 540 g/mol. The lowest BCUT2D eigenvalue weighted by Gasteiger charge is -2.23. The van der Waals surface area contributed by atoms with E-state index in [4.69, 9.17) is 9.84 Å². The summed E-state index contributed by atoms with van der Waals surface area (Å²) in [7, 11) is 2.04. The van der Waals surface area contributed by atoms with E-state index in [1.165, 1.54) is 23.0 Å². The molecule has 0 bridgehead atoms. The first-order valence-corrected chi connectivity index (χ1v) is 13.8. The zero-order valence-electron chi connectivity index (χ0n) is 22.6. The van der Waals surface area contributed by atoms with Crippen LogP contribution in [0, 0.1) is 10.1 Å². The zero-order valence-corrected chi connectivity index (χ0v) is 23.4. The smallest absolute Gasteiger partial charge is 0.294 e. The third-order valence-electron chi connectivity index (χ3n) is 7.24. The molecule has 3 heterocycles. The van der Waals surface area contributed by atoms with Gasteiger partial charge in [0.25, 0.3) is 11.6 Å². The first-order chi connectivity index (χ1) is 19.7. The number of nitrogens with zero attached hydrogens (tertiary/aromatic N) is 5. The third kappa shape index (κ3) is 4.70. The monoisotopic (exact) mass is 566 g/mol. The summed E-state index contributed by atoms with van der Waals surface area (Å²) in [5, 5.41) is 21.1. The van der Waals surface area contributed by atoms with E-state index in [9.17, 15) is 14.9 Å². The van der Waals surface area contributed by atoms with Crippen LogP contribution in [0.5, 0.6) is 5.75 Å². The summed E-state index contributed by atoms with van der Waals surface area (Å²) in [5.41, 5.74) is 5.39. The Morgan fingerprint density at radius 3 is 2.71 bits per heavy atom. The van der Waals surface area contributed by atoms with Crippen molar-refractivity contribution >= 4 is 46.2 Å². The van der Waals surface area contributed by atoms with Crippen molar-refractivity contribution in [1.29, 1.82) is 0 Å². The zero-order chi connectivity index (χ0) is 28.7. The lowest BCUT2D eigenvalue weighted by atomic mass is 9.84. The van der Waals surface area contributed by atoms with Crippen LogP contribution in [0.25, 0.3) is 11.3 Å². The predicted octanol–water partition coefficient (Wildman–Crippen LogP) is 5.83. The maximum atomic E-state index is 11.9. The van der Waals surface area contributed by atoms with Crippen molar-refractivity contribution in [2.75, 3.05) is 23.9 Å². The predicted molar refractivity (Wildman–Crippen MR) is 160 cm³/mol. The first-order valence-electron chi connectivity index (χ1n) is 12.9. The highest BCUT2D eigenvalue weighted by molar-refractivity contribution is 7.07. The molecule has 0 spiro atoms. The van der Waals surface area contributed by atoms with Crippen molar-refractivity contribution in [1.82, 2.24) is 4.68 Å². The second-order valence-electron chi connectivity index (χ2n) is 10.1. The number of benzene rings is 3. The Kier molecular flexibility index (Phi) is 6.50. The molecule has 0 aliphatic carbocycles. The number of carbonyl (C=O) groups is 1. The van der Waals surface area contributed by atoms with E-state index in [1.807, 2.05) is 42.8 Å². The van der Waals surface area contributed by atoms with Gasteiger partial charge >= 0.3 is 0 Å². The minimum atomic E-state index is -0.451. The largest absolute Gasteiger partial charge is 0.482 e. The molecule has 2 aliphatic heterocycles. The van der Waals surface area contributed by atoms with Crippen LogP contribution in [0.15, 0.2) is 94.0 Å². The van der Waals surface area contributed by atoms with Gasteiger partial charge in [-0.2, -0.15) is 5.10 Å². The van der Waals surface area contributed by atoms with Gasteiger partial charge in [-0.05, 0) is 42.0 Å². The van der Waals surface area contributed by atoms with Gasteiger partial charge < -0.3 is 15.0 Å². The lowest BCUT2D eigenvalue weighted by molar-refractivity contribution is -0.384. The summed E-state index contributed by atoms with van der Waals surface area (Å²) in [6, 6.07) is 20.1. The second-order valence-corrected chi connectivity index (χ2v) is 11.0. The number of allylic oxidation sites excluding steroid dienone is 2. The van der Waals surface area contributed by atoms with Crippen LogP contribution in [0.3, 0.4) is 0 Å². The molecule has 41 heavy (non-hydrogen) atoms. The SMILES string of the molecule is CN1C(=CC=Nn2c(-c3ccc4c(c3)NC(=O)CO4)csc2=Nc2ccccc2[N+](=O)[O-])C(C)(C)c2ccccc21. The molecule has 11 heteroatoms. The van der Waals surface area contributed by atoms with Crippen molar-refractivity contribution in [3.05, 3.63) is 104 Å². The summed E-state index contributed by atoms with van der Waals surface area (Å²) in [6.45, 7) is 4.32. The van der Waals surface area contributed by atoms with Gasteiger partial charge in [0.05, 0.1) is 16.3 Å². The van der Waals surface area contributed by atoms with Crippen LogP contribution in [-0.4, -0.2) is 35.4 Å². The average Bonchev–Trinajstić information content (AvgIpc) is 3.44. The standard InChI is InChI=1S/C30H26N6O4S/c1-30(2)20-8-4-6-10-23(20)34(3)27(30)14-15-31-35-25(19-12-13-26-22(16-19)32-28(37)17-40-26)18-41-29(35)33-21-9-5-7-11-24(21)36(38)39/h4-16,18H,17H2,1-3H3,(H,32,37). The molecule has 10 nitrogen and oxygen atoms in total. The Hall–Kier alpha value is -5.03. The van der Waals surface area contributed by atoms with Crippen LogP contribution in [0.2, 0.25) is 0 Å². The molecule has 0 unspecified atom stereocenters. The number of nitro benzene ring substituents is 1. The summed E-state index contributed by atoms with van der Waals surface area (Å²) in [4.78, 5) is 30.4. The highest BCUT2D eigenvalue weighted by Gasteiger charge is 2.37. The number of aromatic nitrogens is 1. The van der Waals surface area contributed by atoms with E-state index >= 15 is 0 Å². The molecule has 1 amide bonds. The van der Waals surface area contributed by atoms with Crippen molar-refractivity contribution in [3.8, 4) is 17.0 Å². The van der Waals surface area contributed by atoms with E-state index in [-0.39, 0.29) is 29.3 Å². The maximum Gasteiger partial charge on any atom is 0.294 e. The number of ether oxygens (including phenoxy) is 1. The molecule has 1 N–H and O–H groups in total. The fourth-order valence-corrected chi connectivity index (χ4v) is 6.07. The molecule has 2 aliphatic rings. The number of nitro groups is 1. The molecule has 1 aromatic heterocycles. The molecule has 3 aromatic carbocycles. The average molecular weight is 567 g/mol. The van der Waals surface area contributed by atoms with Gasteiger partial charge in [0.1, 0.15) is 11.4 Å². The lowest BCUT2D eigenvalue weighted by Crippen LogP contribution is -2.25. The summed E-state index contributed by atoms with van der Waals surface area (Å²) < 4.78 is 7.17.